The third-order valence-corrected chi connectivity index (χ3v) is 2.93. The molecule has 0 saturated heterocycles. The number of nitrogens with zero attached hydrogens (tertiary/aromatic N) is 2. The average Bonchev–Trinajstić information content (AvgIpc) is 2.52. The number of ketones is 1. The summed E-state index contributed by atoms with van der Waals surface area (Å²) in [6, 6.07) is 6.58. The van der Waals surface area contributed by atoms with E-state index >= 15 is 0 Å². The number of hydrogen-bond donors (Lipinski definition) is 0. The molecule has 0 bridgehead atoms. The summed E-state index contributed by atoms with van der Waals surface area (Å²) in [7, 11) is 1.50. The molecule has 6 heteroatoms. The van der Waals surface area contributed by atoms with Crippen molar-refractivity contribution < 1.29 is 14.3 Å². The quantitative estimate of drug-likeness (QED) is 0.606. The zero-order valence-electron chi connectivity index (χ0n) is 11.8. The van der Waals surface area contributed by atoms with E-state index < -0.39 is 0 Å². The molecule has 1 heterocycles. The fourth-order valence-electron chi connectivity index (χ4n) is 1.77. The molecule has 0 spiro atoms. The molecule has 21 heavy (non-hydrogen) atoms. The van der Waals surface area contributed by atoms with Crippen LogP contribution >= 0.6 is 11.6 Å². The Morgan fingerprint density at radius 1 is 1.33 bits per heavy atom. The van der Waals surface area contributed by atoms with Gasteiger partial charge in [-0.15, -0.1) is 0 Å². The van der Waals surface area contributed by atoms with Crippen LogP contribution in [0.1, 0.15) is 29.4 Å². The Balaban J connectivity index is 2.32. The number of rotatable bonds is 6. The number of methoxy groups -OCH3 is 1. The van der Waals surface area contributed by atoms with E-state index in [1.54, 1.807) is 18.2 Å². The summed E-state index contributed by atoms with van der Waals surface area (Å²) in [6.07, 6.45) is 2.34. The molecule has 0 saturated carbocycles. The van der Waals surface area contributed by atoms with E-state index in [1.165, 1.54) is 19.4 Å². The van der Waals surface area contributed by atoms with Crippen molar-refractivity contribution in [1.82, 2.24) is 9.97 Å². The lowest BCUT2D eigenvalue weighted by atomic mass is 10.1. The first-order valence-corrected chi connectivity index (χ1v) is 6.87. The molecule has 1 aromatic carbocycles. The molecule has 2 rings (SSSR count). The number of carbonyl (C=O) groups is 1. The van der Waals surface area contributed by atoms with Gasteiger partial charge in [-0.3, -0.25) is 4.79 Å². The largest absolute Gasteiger partial charge is 0.496 e. The Kier molecular flexibility index (Phi) is 5.11. The molecule has 0 N–H and O–H groups in total. The Morgan fingerprint density at radius 3 is 2.81 bits per heavy atom. The third-order valence-electron chi connectivity index (χ3n) is 2.75. The molecular weight excluding hydrogens is 292 g/mol. The van der Waals surface area contributed by atoms with E-state index in [0.29, 0.717) is 23.7 Å². The van der Waals surface area contributed by atoms with Crippen LogP contribution in [0.4, 0.5) is 0 Å². The van der Waals surface area contributed by atoms with Crippen LogP contribution in [0, 0.1) is 0 Å². The fourth-order valence-corrected chi connectivity index (χ4v) is 1.92. The highest BCUT2D eigenvalue weighted by atomic mass is 35.5. The van der Waals surface area contributed by atoms with Gasteiger partial charge >= 0.3 is 0 Å². The molecule has 110 valence electrons. The molecule has 0 fully saturated rings. The van der Waals surface area contributed by atoms with Crippen molar-refractivity contribution in [3.05, 3.63) is 47.0 Å². The minimum Gasteiger partial charge on any atom is -0.496 e. The average molecular weight is 307 g/mol. The zero-order chi connectivity index (χ0) is 15.2. The zero-order valence-corrected chi connectivity index (χ0v) is 12.6. The van der Waals surface area contributed by atoms with E-state index in [4.69, 9.17) is 21.1 Å². The second-order valence-electron chi connectivity index (χ2n) is 4.25. The van der Waals surface area contributed by atoms with Crippen LogP contribution in [0.15, 0.2) is 30.5 Å². The van der Waals surface area contributed by atoms with Crippen LogP contribution in [-0.4, -0.2) is 29.5 Å². The van der Waals surface area contributed by atoms with Crippen molar-refractivity contribution in [3.8, 4) is 11.5 Å². The van der Waals surface area contributed by atoms with Crippen LogP contribution in [-0.2, 0) is 0 Å². The maximum absolute atomic E-state index is 12.4. The molecule has 0 aliphatic carbocycles. The Bertz CT molecular complexity index is 647. The summed E-state index contributed by atoms with van der Waals surface area (Å²) in [6.45, 7) is 2.63. The van der Waals surface area contributed by atoms with Crippen LogP contribution < -0.4 is 9.47 Å². The number of hydrogen-bond acceptors (Lipinski definition) is 5. The molecule has 0 radical (unpaired) electrons. The van der Waals surface area contributed by atoms with Crippen LogP contribution in [0.25, 0.3) is 0 Å². The molecular formula is C15H15ClN2O3. The highest BCUT2D eigenvalue weighted by Crippen LogP contribution is 2.26. The minimum atomic E-state index is -0.279. The van der Waals surface area contributed by atoms with Gasteiger partial charge in [0.05, 0.1) is 19.3 Å². The van der Waals surface area contributed by atoms with Gasteiger partial charge in [-0.25, -0.2) is 9.97 Å². The van der Waals surface area contributed by atoms with Gasteiger partial charge in [0.25, 0.3) is 0 Å². The Hall–Kier alpha value is -2.14. The molecule has 0 atom stereocenters. The third kappa shape index (κ3) is 3.70. The minimum absolute atomic E-state index is 0.0303. The van der Waals surface area contributed by atoms with Crippen LogP contribution in [0.3, 0.4) is 0 Å². The van der Waals surface area contributed by atoms with Gasteiger partial charge in [0, 0.05) is 12.3 Å². The van der Waals surface area contributed by atoms with Crippen molar-refractivity contribution in [2.75, 3.05) is 13.7 Å². The molecule has 5 nitrogen and oxygen atoms in total. The van der Waals surface area contributed by atoms with E-state index in [9.17, 15) is 4.79 Å². The topological polar surface area (TPSA) is 61.3 Å². The first kappa shape index (κ1) is 15.3. The second-order valence-corrected chi connectivity index (χ2v) is 4.59. The maximum Gasteiger partial charge on any atom is 0.222 e. The summed E-state index contributed by atoms with van der Waals surface area (Å²) in [5.74, 6) is 0.812. The SMILES string of the molecule is CCCOc1ccc(C(=O)c2ccnc(Cl)n2)c(OC)c1. The first-order valence-electron chi connectivity index (χ1n) is 6.49. The van der Waals surface area contributed by atoms with Crippen molar-refractivity contribution in [3.63, 3.8) is 0 Å². The van der Waals surface area contributed by atoms with E-state index in [-0.39, 0.29) is 16.8 Å². The second kappa shape index (κ2) is 7.04. The predicted octanol–water partition coefficient (Wildman–Crippen LogP) is 3.16. The number of halogens is 1. The Morgan fingerprint density at radius 2 is 2.14 bits per heavy atom. The van der Waals surface area contributed by atoms with Gasteiger partial charge in [0.1, 0.15) is 17.2 Å². The molecule has 0 aliphatic rings. The van der Waals surface area contributed by atoms with Gasteiger partial charge in [0.2, 0.25) is 11.1 Å². The molecule has 0 amide bonds. The van der Waals surface area contributed by atoms with Crippen molar-refractivity contribution in [1.29, 1.82) is 0 Å². The van der Waals surface area contributed by atoms with E-state index in [2.05, 4.69) is 9.97 Å². The summed E-state index contributed by atoms with van der Waals surface area (Å²) in [5.41, 5.74) is 0.617. The van der Waals surface area contributed by atoms with Crippen LogP contribution in [0.5, 0.6) is 11.5 Å². The van der Waals surface area contributed by atoms with Gasteiger partial charge in [-0.2, -0.15) is 0 Å². The highest BCUT2D eigenvalue weighted by molar-refractivity contribution is 6.28. The number of ether oxygens (including phenoxy) is 2. The standard InChI is InChI=1S/C15H15ClN2O3/c1-3-8-21-10-4-5-11(13(9-10)20-2)14(19)12-6-7-17-15(16)18-12/h4-7,9H,3,8H2,1-2H3. The lowest BCUT2D eigenvalue weighted by Gasteiger charge is -2.10. The van der Waals surface area contributed by atoms with Crippen LogP contribution in [0.2, 0.25) is 5.28 Å². The van der Waals surface area contributed by atoms with Crippen molar-refractivity contribution in [2.24, 2.45) is 0 Å². The Labute approximate surface area is 127 Å². The van der Waals surface area contributed by atoms with Gasteiger partial charge in [0.15, 0.2) is 0 Å². The van der Waals surface area contributed by atoms with Crippen molar-refractivity contribution in [2.45, 2.75) is 13.3 Å². The van der Waals surface area contributed by atoms with Gasteiger partial charge in [-0.05, 0) is 36.2 Å². The van der Waals surface area contributed by atoms with Crippen molar-refractivity contribution >= 4 is 17.4 Å². The summed E-state index contributed by atoms with van der Waals surface area (Å²) in [4.78, 5) is 20.1. The summed E-state index contributed by atoms with van der Waals surface area (Å²) in [5, 5.41) is 0.0303. The van der Waals surface area contributed by atoms with E-state index in [1.807, 2.05) is 6.92 Å². The number of aromatic nitrogens is 2. The molecule has 0 aliphatic heterocycles. The van der Waals surface area contributed by atoms with Gasteiger partial charge < -0.3 is 9.47 Å². The lowest BCUT2D eigenvalue weighted by Crippen LogP contribution is -2.07. The fraction of sp³-hybridized carbons (Fsp3) is 0.267. The first-order chi connectivity index (χ1) is 10.2. The lowest BCUT2D eigenvalue weighted by molar-refractivity contribution is 0.103. The number of benzene rings is 1. The van der Waals surface area contributed by atoms with Gasteiger partial charge in [-0.1, -0.05) is 6.92 Å². The predicted molar refractivity (Wildman–Crippen MR) is 79.3 cm³/mol. The highest BCUT2D eigenvalue weighted by Gasteiger charge is 2.17. The smallest absolute Gasteiger partial charge is 0.222 e. The van der Waals surface area contributed by atoms with E-state index in [0.717, 1.165) is 6.42 Å². The normalized spacial score (nSPS) is 10.2. The summed E-state index contributed by atoms with van der Waals surface area (Å²) >= 11 is 5.71. The molecule has 2 aromatic rings. The monoisotopic (exact) mass is 306 g/mol. The molecule has 1 aromatic heterocycles. The maximum atomic E-state index is 12.4. The summed E-state index contributed by atoms with van der Waals surface area (Å²) < 4.78 is 10.8. The number of carbonyl (C=O) groups excluding carboxylic acids is 1. The molecule has 0 unspecified atom stereocenters.